The van der Waals surface area contributed by atoms with Gasteiger partial charge in [-0.1, -0.05) is 41.9 Å². The minimum absolute atomic E-state index is 0.515. The van der Waals surface area contributed by atoms with Crippen molar-refractivity contribution in [2.75, 3.05) is 5.32 Å². The number of aryl methyl sites for hydroxylation is 1. The molecule has 20 heavy (non-hydrogen) atoms. The highest BCUT2D eigenvalue weighted by molar-refractivity contribution is 6.30. The van der Waals surface area contributed by atoms with Gasteiger partial charge in [-0.05, 0) is 43.2 Å². The predicted octanol–water partition coefficient (Wildman–Crippen LogP) is 4.06. The molecule has 0 aliphatic heterocycles. The number of carbonyl (C=O) groups is 1. The molecule has 0 aromatic heterocycles. The third kappa shape index (κ3) is 2.78. The van der Waals surface area contributed by atoms with Gasteiger partial charge in [-0.2, -0.15) is 0 Å². The van der Waals surface area contributed by atoms with Crippen LogP contribution < -0.4 is 5.32 Å². The van der Waals surface area contributed by atoms with E-state index in [1.807, 2.05) is 31.2 Å². The van der Waals surface area contributed by atoms with E-state index >= 15 is 0 Å². The number of hydrogen-bond acceptors (Lipinski definition) is 2. The van der Waals surface area contributed by atoms with Gasteiger partial charge in [0.1, 0.15) is 0 Å². The number of aliphatic carboxylic acids is 1. The summed E-state index contributed by atoms with van der Waals surface area (Å²) in [6.07, 6.45) is 0. The van der Waals surface area contributed by atoms with Gasteiger partial charge in [0.25, 0.3) is 0 Å². The number of anilines is 1. The summed E-state index contributed by atoms with van der Waals surface area (Å²) in [5.41, 5.74) is 1.15. The minimum Gasteiger partial charge on any atom is -0.479 e. The number of benzene rings is 2. The van der Waals surface area contributed by atoms with Gasteiger partial charge in [0.05, 0.1) is 0 Å². The van der Waals surface area contributed by atoms with Gasteiger partial charge in [0.2, 0.25) is 0 Å². The molecule has 2 rings (SSSR count). The molecule has 0 bridgehead atoms. The molecule has 0 amide bonds. The molecule has 0 saturated carbocycles. The van der Waals surface area contributed by atoms with Crippen LogP contribution in [0.5, 0.6) is 0 Å². The first-order valence-electron chi connectivity index (χ1n) is 6.27. The molecule has 2 N–H and O–H groups in total. The van der Waals surface area contributed by atoms with E-state index in [2.05, 4.69) is 5.32 Å². The van der Waals surface area contributed by atoms with E-state index in [0.717, 1.165) is 11.3 Å². The lowest BCUT2D eigenvalue weighted by Gasteiger charge is -2.29. The minimum atomic E-state index is -1.24. The number of hydrogen-bond donors (Lipinski definition) is 2. The van der Waals surface area contributed by atoms with E-state index in [9.17, 15) is 9.90 Å². The Morgan fingerprint density at radius 1 is 1.20 bits per heavy atom. The van der Waals surface area contributed by atoms with Gasteiger partial charge in [0, 0.05) is 10.7 Å². The zero-order chi connectivity index (χ0) is 14.8. The highest BCUT2D eigenvalue weighted by atomic mass is 35.5. The largest absolute Gasteiger partial charge is 0.479 e. The van der Waals surface area contributed by atoms with Crippen LogP contribution in [0.15, 0.2) is 48.5 Å². The molecule has 4 heteroatoms. The summed E-state index contributed by atoms with van der Waals surface area (Å²) in [5.74, 6) is -0.956. The van der Waals surface area contributed by atoms with Crippen molar-refractivity contribution in [1.29, 1.82) is 0 Å². The molecule has 0 aliphatic carbocycles. The highest BCUT2D eigenvalue weighted by Gasteiger charge is 2.35. The van der Waals surface area contributed by atoms with E-state index in [4.69, 9.17) is 11.6 Å². The third-order valence-corrected chi connectivity index (χ3v) is 3.59. The van der Waals surface area contributed by atoms with E-state index in [1.165, 1.54) is 0 Å². The lowest BCUT2D eigenvalue weighted by Crippen LogP contribution is -2.40. The fourth-order valence-electron chi connectivity index (χ4n) is 2.03. The Bertz CT molecular complexity index is 642. The van der Waals surface area contributed by atoms with Gasteiger partial charge in [-0.15, -0.1) is 0 Å². The highest BCUT2D eigenvalue weighted by Crippen LogP contribution is 2.29. The Kier molecular flexibility index (Phi) is 4.00. The quantitative estimate of drug-likeness (QED) is 0.892. The first-order chi connectivity index (χ1) is 9.43. The Hall–Kier alpha value is -2.00. The average Bonchev–Trinajstić information content (AvgIpc) is 2.41. The molecule has 0 saturated heterocycles. The Labute approximate surface area is 123 Å². The molecular weight excluding hydrogens is 274 g/mol. The maximum absolute atomic E-state index is 11.7. The van der Waals surface area contributed by atoms with Crippen molar-refractivity contribution in [3.8, 4) is 0 Å². The summed E-state index contributed by atoms with van der Waals surface area (Å²) in [6, 6.07) is 14.5. The Morgan fingerprint density at radius 2 is 1.90 bits per heavy atom. The van der Waals surface area contributed by atoms with Crippen LogP contribution in [-0.2, 0) is 10.3 Å². The van der Waals surface area contributed by atoms with Gasteiger partial charge in [-0.3, -0.25) is 0 Å². The molecule has 3 nitrogen and oxygen atoms in total. The summed E-state index contributed by atoms with van der Waals surface area (Å²) < 4.78 is 0. The summed E-state index contributed by atoms with van der Waals surface area (Å²) in [5, 5.41) is 13.2. The molecule has 0 fully saturated rings. The van der Waals surface area contributed by atoms with E-state index in [-0.39, 0.29) is 0 Å². The molecule has 104 valence electrons. The lowest BCUT2D eigenvalue weighted by atomic mass is 9.91. The maximum Gasteiger partial charge on any atom is 0.333 e. The SMILES string of the molecule is Cc1ccccc1NC(C)(C(=O)O)c1cccc(Cl)c1. The maximum atomic E-state index is 11.7. The van der Waals surface area contributed by atoms with Crippen LogP contribution in [0.1, 0.15) is 18.1 Å². The smallest absolute Gasteiger partial charge is 0.333 e. The second-order valence-electron chi connectivity index (χ2n) is 4.88. The van der Waals surface area contributed by atoms with E-state index in [0.29, 0.717) is 10.6 Å². The molecule has 2 aromatic carbocycles. The number of carboxylic acids is 1. The number of rotatable bonds is 4. The topological polar surface area (TPSA) is 49.3 Å². The van der Waals surface area contributed by atoms with Gasteiger partial charge in [0.15, 0.2) is 5.54 Å². The molecule has 1 unspecified atom stereocenters. The molecule has 0 aliphatic rings. The molecule has 0 heterocycles. The first kappa shape index (κ1) is 14.4. The van der Waals surface area contributed by atoms with Crippen molar-refractivity contribution in [3.05, 3.63) is 64.7 Å². The normalized spacial score (nSPS) is 13.6. The number of halogens is 1. The Morgan fingerprint density at radius 3 is 2.50 bits per heavy atom. The van der Waals surface area contributed by atoms with Crippen molar-refractivity contribution in [2.24, 2.45) is 0 Å². The molecule has 0 radical (unpaired) electrons. The Balaban J connectivity index is 2.46. The number of carboxylic acid groups (broad SMARTS) is 1. The lowest BCUT2D eigenvalue weighted by molar-refractivity contribution is -0.142. The van der Waals surface area contributed by atoms with Crippen LogP contribution in [0, 0.1) is 6.92 Å². The number of para-hydroxylation sites is 1. The second-order valence-corrected chi connectivity index (χ2v) is 5.32. The second kappa shape index (κ2) is 5.55. The molecule has 0 spiro atoms. The molecule has 1 atom stereocenters. The van der Waals surface area contributed by atoms with Gasteiger partial charge >= 0.3 is 5.97 Å². The van der Waals surface area contributed by atoms with Gasteiger partial charge < -0.3 is 10.4 Å². The van der Waals surface area contributed by atoms with Crippen LogP contribution in [0.3, 0.4) is 0 Å². The summed E-state index contributed by atoms with van der Waals surface area (Å²) in [7, 11) is 0. The van der Waals surface area contributed by atoms with Crippen molar-refractivity contribution >= 4 is 23.3 Å². The van der Waals surface area contributed by atoms with Gasteiger partial charge in [-0.25, -0.2) is 4.79 Å². The zero-order valence-electron chi connectivity index (χ0n) is 11.4. The van der Waals surface area contributed by atoms with Crippen molar-refractivity contribution < 1.29 is 9.90 Å². The average molecular weight is 290 g/mol. The number of nitrogens with one attached hydrogen (secondary N) is 1. The summed E-state index contributed by atoms with van der Waals surface area (Å²) >= 11 is 5.97. The van der Waals surface area contributed by atoms with E-state index in [1.54, 1.807) is 31.2 Å². The van der Waals surface area contributed by atoms with Crippen molar-refractivity contribution in [2.45, 2.75) is 19.4 Å². The first-order valence-corrected chi connectivity index (χ1v) is 6.64. The summed E-state index contributed by atoms with van der Waals surface area (Å²) in [4.78, 5) is 11.7. The molecular formula is C16H16ClNO2. The van der Waals surface area contributed by atoms with Crippen LogP contribution in [-0.4, -0.2) is 11.1 Å². The van der Waals surface area contributed by atoms with Crippen molar-refractivity contribution in [1.82, 2.24) is 0 Å². The molecule has 2 aromatic rings. The van der Waals surface area contributed by atoms with Crippen LogP contribution in [0.2, 0.25) is 5.02 Å². The monoisotopic (exact) mass is 289 g/mol. The predicted molar refractivity (Wildman–Crippen MR) is 81.2 cm³/mol. The van der Waals surface area contributed by atoms with Crippen molar-refractivity contribution in [3.63, 3.8) is 0 Å². The van der Waals surface area contributed by atoms with E-state index < -0.39 is 11.5 Å². The third-order valence-electron chi connectivity index (χ3n) is 3.36. The summed E-state index contributed by atoms with van der Waals surface area (Å²) in [6.45, 7) is 3.57. The fourth-order valence-corrected chi connectivity index (χ4v) is 2.22. The standard InChI is InChI=1S/C16H16ClNO2/c1-11-6-3-4-9-14(11)18-16(2,15(19)20)12-7-5-8-13(17)10-12/h3-10,18H,1-2H3,(H,19,20). The van der Waals surface area contributed by atoms with Crippen LogP contribution in [0.4, 0.5) is 5.69 Å². The fraction of sp³-hybridized carbons (Fsp3) is 0.188. The zero-order valence-corrected chi connectivity index (χ0v) is 12.1. The van der Waals surface area contributed by atoms with Crippen LogP contribution in [0.25, 0.3) is 0 Å². The van der Waals surface area contributed by atoms with Crippen LogP contribution >= 0.6 is 11.6 Å².